The molecule has 0 aliphatic carbocycles. The average Bonchev–Trinajstić information content (AvgIpc) is 2.80. The predicted molar refractivity (Wildman–Crippen MR) is 73.0 cm³/mol. The van der Waals surface area contributed by atoms with E-state index in [0.717, 1.165) is 26.4 Å². The molecule has 0 fully saturated rings. The van der Waals surface area contributed by atoms with Crippen LogP contribution in [0.25, 0.3) is 0 Å². The fourth-order valence-electron chi connectivity index (χ4n) is 1.44. The Morgan fingerprint density at radius 3 is 2.82 bits per heavy atom. The maximum absolute atomic E-state index is 9.48. The summed E-state index contributed by atoms with van der Waals surface area (Å²) < 4.78 is 6.29. The van der Waals surface area contributed by atoms with Crippen LogP contribution in [0.3, 0.4) is 0 Å². The predicted octanol–water partition coefficient (Wildman–Crippen LogP) is 4.39. The Kier molecular flexibility index (Phi) is 4.31. The Morgan fingerprint density at radius 1 is 1.41 bits per heavy atom. The van der Waals surface area contributed by atoms with Gasteiger partial charge in [-0.05, 0) is 52.7 Å². The van der Waals surface area contributed by atoms with Gasteiger partial charge in [0.05, 0.1) is 18.1 Å². The minimum atomic E-state index is -0.435. The van der Waals surface area contributed by atoms with E-state index in [2.05, 4.69) is 15.9 Å². The van der Waals surface area contributed by atoms with Crippen LogP contribution in [0.2, 0.25) is 0 Å². The van der Waals surface area contributed by atoms with Crippen molar-refractivity contribution < 1.29 is 9.52 Å². The molecule has 4 heteroatoms. The molecule has 0 spiro atoms. The van der Waals surface area contributed by atoms with Crippen LogP contribution in [0.4, 0.5) is 0 Å². The number of aliphatic hydroxyl groups is 1. The number of benzene rings is 1. The monoisotopic (exact) mass is 312 g/mol. The van der Waals surface area contributed by atoms with Gasteiger partial charge in [-0.25, -0.2) is 0 Å². The maximum atomic E-state index is 9.48. The molecule has 1 aromatic heterocycles. The Morgan fingerprint density at radius 2 is 2.24 bits per heavy atom. The average molecular weight is 313 g/mol. The van der Waals surface area contributed by atoms with Crippen molar-refractivity contribution in [2.75, 3.05) is 0 Å². The highest BCUT2D eigenvalue weighted by Gasteiger charge is 2.06. The summed E-state index contributed by atoms with van der Waals surface area (Å²) in [4.78, 5) is 1.14. The zero-order chi connectivity index (χ0) is 12.3. The summed E-state index contributed by atoms with van der Waals surface area (Å²) >= 11 is 5.22. The molecular weight excluding hydrogens is 300 g/mol. The summed E-state index contributed by atoms with van der Waals surface area (Å²) in [6, 6.07) is 9.77. The molecule has 90 valence electrons. The zero-order valence-corrected chi connectivity index (χ0v) is 11.8. The first kappa shape index (κ1) is 12.7. The van der Waals surface area contributed by atoms with Crippen LogP contribution in [0.15, 0.2) is 50.4 Å². The van der Waals surface area contributed by atoms with Gasteiger partial charge in [-0.2, -0.15) is 0 Å². The van der Waals surface area contributed by atoms with Crippen LogP contribution in [0.5, 0.6) is 0 Å². The summed E-state index contributed by atoms with van der Waals surface area (Å²) in [6.07, 6.45) is 1.25. The number of aliphatic hydroxyl groups excluding tert-OH is 1. The zero-order valence-electron chi connectivity index (χ0n) is 9.39. The number of rotatable bonds is 4. The number of hydrogen-bond acceptors (Lipinski definition) is 3. The quantitative estimate of drug-likeness (QED) is 0.850. The van der Waals surface area contributed by atoms with E-state index in [1.807, 2.05) is 30.3 Å². The number of thioether (sulfide) groups is 1. The summed E-state index contributed by atoms with van der Waals surface area (Å²) in [6.45, 7) is 1.76. The van der Waals surface area contributed by atoms with Gasteiger partial charge in [0.1, 0.15) is 5.76 Å². The molecule has 1 atom stereocenters. The number of furan rings is 1. The Hall–Kier alpha value is -0.710. The molecule has 0 saturated carbocycles. The summed E-state index contributed by atoms with van der Waals surface area (Å²) in [7, 11) is 0. The second kappa shape index (κ2) is 5.76. The lowest BCUT2D eigenvalue weighted by molar-refractivity contribution is 0.199. The third-order valence-corrected chi connectivity index (χ3v) is 4.40. The first-order valence-electron chi connectivity index (χ1n) is 5.29. The lowest BCUT2D eigenvalue weighted by Crippen LogP contribution is -1.91. The maximum Gasteiger partial charge on any atom is 0.113 e. The highest BCUT2D eigenvalue weighted by molar-refractivity contribution is 9.10. The molecule has 2 aromatic rings. The highest BCUT2D eigenvalue weighted by atomic mass is 79.9. The lowest BCUT2D eigenvalue weighted by atomic mass is 10.1. The fraction of sp³-hybridized carbons (Fsp3) is 0.231. The van der Waals surface area contributed by atoms with Gasteiger partial charge in [-0.3, -0.25) is 0 Å². The van der Waals surface area contributed by atoms with Gasteiger partial charge in [0.2, 0.25) is 0 Å². The van der Waals surface area contributed by atoms with E-state index in [1.54, 1.807) is 24.9 Å². The number of halogens is 1. The van der Waals surface area contributed by atoms with Crippen LogP contribution >= 0.6 is 27.7 Å². The topological polar surface area (TPSA) is 33.4 Å². The van der Waals surface area contributed by atoms with Crippen molar-refractivity contribution in [2.45, 2.75) is 23.7 Å². The summed E-state index contributed by atoms with van der Waals surface area (Å²) in [5.74, 6) is 1.76. The lowest BCUT2D eigenvalue weighted by Gasteiger charge is -2.08. The van der Waals surface area contributed by atoms with Crippen LogP contribution in [-0.4, -0.2) is 5.11 Å². The third kappa shape index (κ3) is 3.37. The molecule has 1 aromatic carbocycles. The first-order valence-corrected chi connectivity index (χ1v) is 7.07. The minimum Gasteiger partial charge on any atom is -0.468 e. The van der Waals surface area contributed by atoms with Gasteiger partial charge >= 0.3 is 0 Å². The molecule has 0 aliphatic heterocycles. The molecule has 2 rings (SSSR count). The van der Waals surface area contributed by atoms with Crippen LogP contribution < -0.4 is 0 Å². The summed E-state index contributed by atoms with van der Waals surface area (Å²) in [5.41, 5.74) is 0.916. The second-order valence-corrected chi connectivity index (χ2v) is 5.61. The Labute approximate surface area is 113 Å². The smallest absolute Gasteiger partial charge is 0.113 e. The van der Waals surface area contributed by atoms with Gasteiger partial charge < -0.3 is 9.52 Å². The highest BCUT2D eigenvalue weighted by Crippen LogP contribution is 2.32. The van der Waals surface area contributed by atoms with E-state index >= 15 is 0 Å². The van der Waals surface area contributed by atoms with E-state index in [-0.39, 0.29) is 0 Å². The molecule has 0 amide bonds. The van der Waals surface area contributed by atoms with E-state index in [0.29, 0.717) is 0 Å². The van der Waals surface area contributed by atoms with Gasteiger partial charge in [0, 0.05) is 9.37 Å². The van der Waals surface area contributed by atoms with Gasteiger partial charge in [0.25, 0.3) is 0 Å². The molecule has 17 heavy (non-hydrogen) atoms. The SMILES string of the molecule is CC(O)c1ccc(SCc2ccco2)c(Br)c1. The molecule has 0 bridgehead atoms. The van der Waals surface area contributed by atoms with Crippen molar-refractivity contribution in [3.05, 3.63) is 52.4 Å². The van der Waals surface area contributed by atoms with Crippen molar-refractivity contribution >= 4 is 27.7 Å². The van der Waals surface area contributed by atoms with E-state index in [1.165, 1.54) is 0 Å². The van der Waals surface area contributed by atoms with Gasteiger partial charge in [-0.1, -0.05) is 6.07 Å². The van der Waals surface area contributed by atoms with E-state index in [4.69, 9.17) is 4.42 Å². The standard InChI is InChI=1S/C13H13BrO2S/c1-9(15)10-4-5-13(12(14)7-10)17-8-11-3-2-6-16-11/h2-7,9,15H,8H2,1H3. The third-order valence-electron chi connectivity index (χ3n) is 2.39. The molecular formula is C13H13BrO2S. The van der Waals surface area contributed by atoms with Crippen LogP contribution in [0, 0.1) is 0 Å². The van der Waals surface area contributed by atoms with Gasteiger partial charge in [0.15, 0.2) is 0 Å². The van der Waals surface area contributed by atoms with Gasteiger partial charge in [-0.15, -0.1) is 11.8 Å². The molecule has 0 aliphatic rings. The van der Waals surface area contributed by atoms with Crippen molar-refractivity contribution in [2.24, 2.45) is 0 Å². The minimum absolute atomic E-state index is 0.435. The Balaban J connectivity index is 2.06. The van der Waals surface area contributed by atoms with E-state index in [9.17, 15) is 5.11 Å². The molecule has 1 N–H and O–H groups in total. The molecule has 1 unspecified atom stereocenters. The molecule has 0 radical (unpaired) electrons. The normalized spacial score (nSPS) is 12.6. The van der Waals surface area contributed by atoms with Crippen LogP contribution in [0.1, 0.15) is 24.4 Å². The summed E-state index contributed by atoms with van der Waals surface area (Å²) in [5, 5.41) is 9.48. The Bertz CT molecular complexity index is 480. The number of hydrogen-bond donors (Lipinski definition) is 1. The fourth-order valence-corrected chi connectivity index (χ4v) is 3.00. The molecule has 1 heterocycles. The first-order chi connectivity index (χ1) is 8.16. The molecule has 2 nitrogen and oxygen atoms in total. The van der Waals surface area contributed by atoms with Crippen molar-refractivity contribution in [1.29, 1.82) is 0 Å². The largest absolute Gasteiger partial charge is 0.468 e. The van der Waals surface area contributed by atoms with E-state index < -0.39 is 6.10 Å². The molecule has 0 saturated heterocycles. The van der Waals surface area contributed by atoms with Crippen molar-refractivity contribution in [3.63, 3.8) is 0 Å². The van der Waals surface area contributed by atoms with Crippen LogP contribution in [-0.2, 0) is 5.75 Å². The second-order valence-electron chi connectivity index (χ2n) is 3.73. The van der Waals surface area contributed by atoms with Crippen molar-refractivity contribution in [3.8, 4) is 0 Å². The van der Waals surface area contributed by atoms with Crippen molar-refractivity contribution in [1.82, 2.24) is 0 Å².